The van der Waals surface area contributed by atoms with Crippen molar-refractivity contribution in [3.8, 4) is 0 Å². The molecule has 0 spiro atoms. The molecule has 2 aromatic rings. The molecule has 5 rings (SSSR count). The summed E-state index contributed by atoms with van der Waals surface area (Å²) >= 11 is 1.45. The molecule has 3 fully saturated rings. The van der Waals surface area contributed by atoms with Crippen molar-refractivity contribution in [2.45, 2.75) is 46.0 Å². The number of thiazole rings is 1. The Morgan fingerprint density at radius 1 is 1.20 bits per heavy atom. The van der Waals surface area contributed by atoms with E-state index in [2.05, 4.69) is 56.5 Å². The van der Waals surface area contributed by atoms with E-state index in [0.717, 1.165) is 67.7 Å². The van der Waals surface area contributed by atoms with Crippen LogP contribution in [0.15, 0.2) is 42.5 Å². The van der Waals surface area contributed by atoms with Gasteiger partial charge in [0.15, 0.2) is 0 Å². The molecule has 0 aromatic carbocycles. The Kier molecular flexibility index (Phi) is 9.19. The molecule has 2 amide bonds. The summed E-state index contributed by atoms with van der Waals surface area (Å²) < 4.78 is 0. The molecular formula is C31H41N7O2S. The van der Waals surface area contributed by atoms with Crippen molar-refractivity contribution < 1.29 is 9.59 Å². The Hall–Kier alpha value is -3.50. The van der Waals surface area contributed by atoms with E-state index < -0.39 is 5.91 Å². The van der Waals surface area contributed by atoms with Gasteiger partial charge in [0.25, 0.3) is 11.8 Å². The zero-order valence-electron chi connectivity index (χ0n) is 24.3. The number of nitrogens with one attached hydrogen (secondary N) is 2. The smallest absolute Gasteiger partial charge is 0.260 e. The molecular weight excluding hydrogens is 534 g/mol. The van der Waals surface area contributed by atoms with Crippen LogP contribution in [0.3, 0.4) is 0 Å². The van der Waals surface area contributed by atoms with Crippen LogP contribution in [-0.4, -0.2) is 71.4 Å². The van der Waals surface area contributed by atoms with Crippen LogP contribution in [0.4, 0.5) is 5.69 Å². The number of nitrogens with zero attached hydrogens (tertiary/aromatic N) is 4. The molecule has 3 aliphatic rings. The molecule has 10 heteroatoms. The third kappa shape index (κ3) is 6.54. The van der Waals surface area contributed by atoms with Crippen LogP contribution in [0.1, 0.15) is 65.0 Å². The zero-order valence-corrected chi connectivity index (χ0v) is 25.1. The maximum absolute atomic E-state index is 13.4. The monoisotopic (exact) mass is 575 g/mol. The van der Waals surface area contributed by atoms with Crippen molar-refractivity contribution in [2.24, 2.45) is 17.6 Å². The van der Waals surface area contributed by atoms with Gasteiger partial charge in [-0.3, -0.25) is 14.6 Å². The molecule has 2 unspecified atom stereocenters. The first-order valence-corrected chi connectivity index (χ1v) is 15.5. The summed E-state index contributed by atoms with van der Waals surface area (Å²) in [6.45, 7) is 8.67. The number of anilines is 1. The number of amides is 2. The predicted octanol–water partition coefficient (Wildman–Crippen LogP) is 4.26. The third-order valence-electron chi connectivity index (χ3n) is 8.48. The number of carbonyl (C=O) groups excluding carboxylic acids is 2. The van der Waals surface area contributed by atoms with E-state index in [4.69, 9.17) is 5.73 Å². The van der Waals surface area contributed by atoms with Crippen LogP contribution in [0.25, 0.3) is 11.1 Å². The molecule has 1 aliphatic carbocycles. The van der Waals surface area contributed by atoms with Gasteiger partial charge in [0.2, 0.25) is 0 Å². The number of nitrogens with two attached hydrogens (primary N) is 1. The zero-order chi connectivity index (χ0) is 28.9. The highest BCUT2D eigenvalue weighted by atomic mass is 32.1. The minimum atomic E-state index is -0.393. The highest BCUT2D eigenvalue weighted by Crippen LogP contribution is 2.40. The molecule has 4 N–H and O–H groups in total. The summed E-state index contributed by atoms with van der Waals surface area (Å²) in [7, 11) is 2.12. The molecule has 4 heterocycles. The average Bonchev–Trinajstić information content (AvgIpc) is 3.67. The standard InChI is InChI=1S/C31H41N7O2S/c1-4-5-7-24(27-8-6-12-37(27)3)28-17-35-31(41-28)25(15-32)30(40)36-26-14-23(16-34-20(26)2)29(39)33-11-13-38-18-21-9-10-22(21)19-38/h5,7,14-17,21-22H,4,6,8-13,18-19,32H2,1-3H3,(H,33,39)(H,36,40)/b7-5+,25-15-,27-24+. The molecule has 2 atom stereocenters. The summed E-state index contributed by atoms with van der Waals surface area (Å²) in [6.07, 6.45) is 14.7. The first-order valence-electron chi connectivity index (χ1n) is 14.7. The summed E-state index contributed by atoms with van der Waals surface area (Å²) in [5, 5.41) is 6.45. The highest BCUT2D eigenvalue weighted by Gasteiger charge is 2.38. The molecule has 41 heavy (non-hydrogen) atoms. The van der Waals surface area contributed by atoms with Gasteiger partial charge in [0.05, 0.1) is 27.4 Å². The molecule has 9 nitrogen and oxygen atoms in total. The lowest BCUT2D eigenvalue weighted by atomic mass is 9.77. The molecule has 2 saturated heterocycles. The number of hydrogen-bond donors (Lipinski definition) is 3. The number of rotatable bonds is 10. The lowest BCUT2D eigenvalue weighted by molar-refractivity contribution is -0.111. The van der Waals surface area contributed by atoms with Crippen LogP contribution in [0.5, 0.6) is 0 Å². The highest BCUT2D eigenvalue weighted by molar-refractivity contribution is 7.14. The lowest BCUT2D eigenvalue weighted by Gasteiger charge is -2.28. The summed E-state index contributed by atoms with van der Waals surface area (Å²) in [5.41, 5.74) is 10.1. The van der Waals surface area contributed by atoms with Gasteiger partial charge in [-0.2, -0.15) is 0 Å². The largest absolute Gasteiger partial charge is 0.404 e. The molecule has 0 bridgehead atoms. The van der Waals surface area contributed by atoms with Crippen molar-refractivity contribution in [3.63, 3.8) is 0 Å². The Morgan fingerprint density at radius 3 is 2.63 bits per heavy atom. The molecule has 2 aliphatic heterocycles. The number of likely N-dealkylation sites (tertiary alicyclic amines) is 2. The number of allylic oxidation sites excluding steroid dienone is 4. The normalized spacial score (nSPS) is 22.1. The second kappa shape index (κ2) is 13.0. The van der Waals surface area contributed by atoms with Gasteiger partial charge in [-0.25, -0.2) is 4.98 Å². The molecule has 0 radical (unpaired) electrons. The van der Waals surface area contributed by atoms with E-state index in [-0.39, 0.29) is 11.5 Å². The number of hydrogen-bond acceptors (Lipinski definition) is 8. The Labute approximate surface area is 246 Å². The lowest BCUT2D eigenvalue weighted by Crippen LogP contribution is -2.34. The van der Waals surface area contributed by atoms with E-state index in [1.165, 1.54) is 36.1 Å². The van der Waals surface area contributed by atoms with Crippen LogP contribution in [0, 0.1) is 18.8 Å². The molecule has 218 valence electrons. The Bertz CT molecular complexity index is 1370. The van der Waals surface area contributed by atoms with Gasteiger partial charge in [0, 0.05) is 69.6 Å². The van der Waals surface area contributed by atoms with Gasteiger partial charge >= 0.3 is 0 Å². The quantitative estimate of drug-likeness (QED) is 0.363. The second-order valence-electron chi connectivity index (χ2n) is 11.2. The summed E-state index contributed by atoms with van der Waals surface area (Å²) in [4.78, 5) is 40.9. The maximum atomic E-state index is 13.4. The van der Waals surface area contributed by atoms with Crippen LogP contribution >= 0.6 is 11.3 Å². The maximum Gasteiger partial charge on any atom is 0.260 e. The fourth-order valence-electron chi connectivity index (χ4n) is 5.92. The van der Waals surface area contributed by atoms with Crippen molar-refractivity contribution in [1.29, 1.82) is 0 Å². The Morgan fingerprint density at radius 2 is 1.98 bits per heavy atom. The number of fused-ring (bicyclic) bond motifs is 1. The SMILES string of the molecule is CC/C=C/C(=C1/CCCN1C)c1cnc(/C(=C\N)C(=O)Nc2cc(C(=O)NCCN3CC4CCC4C3)cnc2C)s1. The van der Waals surface area contributed by atoms with Crippen LogP contribution in [0.2, 0.25) is 0 Å². The second-order valence-corrected chi connectivity index (χ2v) is 12.3. The minimum Gasteiger partial charge on any atom is -0.404 e. The van der Waals surface area contributed by atoms with Crippen LogP contribution < -0.4 is 16.4 Å². The van der Waals surface area contributed by atoms with E-state index in [9.17, 15) is 9.59 Å². The van der Waals surface area contributed by atoms with E-state index >= 15 is 0 Å². The predicted molar refractivity (Wildman–Crippen MR) is 165 cm³/mol. The van der Waals surface area contributed by atoms with Gasteiger partial charge in [-0.05, 0) is 56.9 Å². The van der Waals surface area contributed by atoms with E-state index in [1.54, 1.807) is 19.2 Å². The number of aryl methyl sites for hydroxylation is 1. The molecule has 2 aromatic heterocycles. The Balaban J connectivity index is 1.24. The van der Waals surface area contributed by atoms with E-state index in [0.29, 0.717) is 28.5 Å². The fourth-order valence-corrected chi connectivity index (χ4v) is 6.90. The van der Waals surface area contributed by atoms with Crippen molar-refractivity contribution in [3.05, 3.63) is 63.7 Å². The van der Waals surface area contributed by atoms with Crippen molar-refractivity contribution >= 4 is 40.0 Å². The fraction of sp³-hybridized carbons (Fsp3) is 0.484. The van der Waals surface area contributed by atoms with Gasteiger partial charge in [-0.1, -0.05) is 19.1 Å². The molecule has 1 saturated carbocycles. The van der Waals surface area contributed by atoms with Crippen molar-refractivity contribution in [1.82, 2.24) is 25.1 Å². The number of pyridine rings is 1. The third-order valence-corrected chi connectivity index (χ3v) is 9.55. The van der Waals surface area contributed by atoms with Crippen LogP contribution in [-0.2, 0) is 4.79 Å². The first kappa shape index (κ1) is 29.0. The first-order chi connectivity index (χ1) is 19.9. The average molecular weight is 576 g/mol. The van der Waals surface area contributed by atoms with E-state index in [1.807, 2.05) is 6.20 Å². The van der Waals surface area contributed by atoms with Gasteiger partial charge in [-0.15, -0.1) is 11.3 Å². The van der Waals surface area contributed by atoms with Crippen molar-refractivity contribution in [2.75, 3.05) is 45.1 Å². The number of aromatic nitrogens is 2. The summed E-state index contributed by atoms with van der Waals surface area (Å²) in [5.74, 6) is 1.11. The van der Waals surface area contributed by atoms with Gasteiger partial charge in [0.1, 0.15) is 5.01 Å². The number of carbonyl (C=O) groups is 2. The topological polar surface area (TPSA) is 116 Å². The minimum absolute atomic E-state index is 0.202. The van der Waals surface area contributed by atoms with Gasteiger partial charge < -0.3 is 26.2 Å². The summed E-state index contributed by atoms with van der Waals surface area (Å²) in [6, 6.07) is 1.67.